The fourth-order valence-corrected chi connectivity index (χ4v) is 2.30. The predicted octanol–water partition coefficient (Wildman–Crippen LogP) is 2.02. The Morgan fingerprint density at radius 2 is 2.62 bits per heavy atom. The summed E-state index contributed by atoms with van der Waals surface area (Å²) in [4.78, 5) is 1.40. The van der Waals surface area contributed by atoms with Gasteiger partial charge in [0.2, 0.25) is 0 Å². The van der Waals surface area contributed by atoms with Gasteiger partial charge >= 0.3 is 0 Å². The van der Waals surface area contributed by atoms with Crippen molar-refractivity contribution < 1.29 is 4.74 Å². The van der Waals surface area contributed by atoms with Gasteiger partial charge in [0.15, 0.2) is 0 Å². The highest BCUT2D eigenvalue weighted by Crippen LogP contribution is 2.14. The van der Waals surface area contributed by atoms with Crippen molar-refractivity contribution in [3.8, 4) is 0 Å². The van der Waals surface area contributed by atoms with E-state index in [0.29, 0.717) is 12.1 Å². The Kier molecular flexibility index (Phi) is 2.98. The number of nitrogens with one attached hydrogen (secondary N) is 1. The molecule has 1 saturated heterocycles. The Balaban J connectivity index is 1.79. The molecule has 1 N–H and O–H groups in total. The van der Waals surface area contributed by atoms with Gasteiger partial charge in [0.1, 0.15) is 0 Å². The second-order valence-corrected chi connectivity index (χ2v) is 4.46. The van der Waals surface area contributed by atoms with Gasteiger partial charge < -0.3 is 10.1 Å². The van der Waals surface area contributed by atoms with E-state index in [0.717, 1.165) is 19.6 Å². The van der Waals surface area contributed by atoms with Gasteiger partial charge in [0.25, 0.3) is 0 Å². The first kappa shape index (κ1) is 9.19. The summed E-state index contributed by atoms with van der Waals surface area (Å²) in [5.41, 5.74) is 0. The van der Waals surface area contributed by atoms with Gasteiger partial charge in [0.05, 0.1) is 6.10 Å². The summed E-state index contributed by atoms with van der Waals surface area (Å²) in [6, 6.07) is 4.80. The third-order valence-electron chi connectivity index (χ3n) is 2.49. The van der Waals surface area contributed by atoms with E-state index in [1.54, 1.807) is 11.3 Å². The van der Waals surface area contributed by atoms with Crippen LogP contribution in [0.5, 0.6) is 0 Å². The molecule has 0 spiro atoms. The molecule has 1 aromatic heterocycles. The van der Waals surface area contributed by atoms with Crippen molar-refractivity contribution >= 4 is 11.3 Å². The summed E-state index contributed by atoms with van der Waals surface area (Å²) in [6.45, 7) is 4.03. The summed E-state index contributed by atoms with van der Waals surface area (Å²) >= 11 is 1.80. The largest absolute Gasteiger partial charge is 0.377 e. The number of hydrogen-bond donors (Lipinski definition) is 1. The van der Waals surface area contributed by atoms with Crippen LogP contribution in [0.15, 0.2) is 17.5 Å². The molecule has 2 heterocycles. The van der Waals surface area contributed by atoms with E-state index >= 15 is 0 Å². The zero-order valence-electron chi connectivity index (χ0n) is 7.82. The maximum absolute atomic E-state index is 5.48. The first-order valence-electron chi connectivity index (χ1n) is 4.73. The van der Waals surface area contributed by atoms with E-state index in [1.165, 1.54) is 4.88 Å². The van der Waals surface area contributed by atoms with Crippen LogP contribution in [-0.2, 0) is 11.3 Å². The van der Waals surface area contributed by atoms with Crippen molar-refractivity contribution in [2.45, 2.75) is 32.0 Å². The first-order valence-corrected chi connectivity index (χ1v) is 5.61. The van der Waals surface area contributed by atoms with Crippen molar-refractivity contribution in [2.24, 2.45) is 0 Å². The Morgan fingerprint density at radius 1 is 1.69 bits per heavy atom. The zero-order chi connectivity index (χ0) is 9.10. The quantitative estimate of drug-likeness (QED) is 0.800. The SMILES string of the molecule is C[C@@H]1OCC[C@@H]1NCc1cccs1. The number of ether oxygens (including phenoxy) is 1. The fraction of sp³-hybridized carbons (Fsp3) is 0.600. The van der Waals surface area contributed by atoms with Crippen molar-refractivity contribution in [1.82, 2.24) is 5.32 Å². The molecular weight excluding hydrogens is 182 g/mol. The predicted molar refractivity (Wildman–Crippen MR) is 55.0 cm³/mol. The maximum atomic E-state index is 5.48. The molecule has 0 aliphatic carbocycles. The fourth-order valence-electron chi connectivity index (χ4n) is 1.64. The molecule has 1 aromatic rings. The van der Waals surface area contributed by atoms with Gasteiger partial charge in [-0.15, -0.1) is 11.3 Å². The highest BCUT2D eigenvalue weighted by molar-refractivity contribution is 7.09. The molecule has 0 bridgehead atoms. The molecule has 2 atom stereocenters. The smallest absolute Gasteiger partial charge is 0.0700 e. The van der Waals surface area contributed by atoms with E-state index in [1.807, 2.05) is 0 Å². The summed E-state index contributed by atoms with van der Waals surface area (Å²) < 4.78 is 5.48. The van der Waals surface area contributed by atoms with E-state index in [2.05, 4.69) is 29.8 Å². The Labute approximate surface area is 82.9 Å². The molecule has 2 nitrogen and oxygen atoms in total. The van der Waals surface area contributed by atoms with Crippen LogP contribution in [-0.4, -0.2) is 18.8 Å². The maximum Gasteiger partial charge on any atom is 0.0700 e. The summed E-state index contributed by atoms with van der Waals surface area (Å²) in [5.74, 6) is 0. The molecule has 0 saturated carbocycles. The minimum Gasteiger partial charge on any atom is -0.377 e. The molecule has 1 fully saturated rings. The van der Waals surface area contributed by atoms with Gasteiger partial charge in [0, 0.05) is 24.1 Å². The van der Waals surface area contributed by atoms with Crippen LogP contribution in [0.2, 0.25) is 0 Å². The Hall–Kier alpha value is -0.380. The molecule has 13 heavy (non-hydrogen) atoms. The van der Waals surface area contributed by atoms with Crippen LogP contribution in [0.3, 0.4) is 0 Å². The lowest BCUT2D eigenvalue weighted by atomic mass is 10.1. The van der Waals surface area contributed by atoms with E-state index < -0.39 is 0 Å². The molecule has 1 aliphatic rings. The Bertz CT molecular complexity index is 247. The van der Waals surface area contributed by atoms with Crippen molar-refractivity contribution in [1.29, 1.82) is 0 Å². The van der Waals surface area contributed by atoms with Gasteiger partial charge in [-0.3, -0.25) is 0 Å². The lowest BCUT2D eigenvalue weighted by Crippen LogP contribution is -2.33. The molecule has 3 heteroatoms. The van der Waals surface area contributed by atoms with Crippen LogP contribution in [0.4, 0.5) is 0 Å². The van der Waals surface area contributed by atoms with E-state index in [4.69, 9.17) is 4.74 Å². The van der Waals surface area contributed by atoms with Crippen molar-refractivity contribution in [3.05, 3.63) is 22.4 Å². The second kappa shape index (κ2) is 4.22. The van der Waals surface area contributed by atoms with Gasteiger partial charge in [-0.2, -0.15) is 0 Å². The van der Waals surface area contributed by atoms with Crippen LogP contribution in [0.25, 0.3) is 0 Å². The second-order valence-electron chi connectivity index (χ2n) is 3.43. The minimum atomic E-state index is 0.375. The third kappa shape index (κ3) is 2.30. The molecule has 2 rings (SSSR count). The van der Waals surface area contributed by atoms with Gasteiger partial charge in [-0.1, -0.05) is 6.07 Å². The molecule has 0 unspecified atom stereocenters. The van der Waals surface area contributed by atoms with E-state index in [-0.39, 0.29) is 0 Å². The average Bonchev–Trinajstić information content (AvgIpc) is 2.72. The van der Waals surface area contributed by atoms with Gasteiger partial charge in [-0.05, 0) is 24.8 Å². The first-order chi connectivity index (χ1) is 6.36. The summed E-state index contributed by atoms with van der Waals surface area (Å²) in [6.07, 6.45) is 1.52. The standard InChI is InChI=1S/C10H15NOS/c1-8-10(4-5-12-8)11-7-9-3-2-6-13-9/h2-3,6,8,10-11H,4-5,7H2,1H3/t8-,10-/m0/s1. The number of thiophene rings is 1. The molecule has 0 aromatic carbocycles. The average molecular weight is 197 g/mol. The monoisotopic (exact) mass is 197 g/mol. The highest BCUT2D eigenvalue weighted by atomic mass is 32.1. The van der Waals surface area contributed by atoms with Gasteiger partial charge in [-0.25, -0.2) is 0 Å². The lowest BCUT2D eigenvalue weighted by molar-refractivity contribution is 0.113. The molecule has 0 radical (unpaired) electrons. The number of hydrogen-bond acceptors (Lipinski definition) is 3. The lowest BCUT2D eigenvalue weighted by Gasteiger charge is -2.14. The normalized spacial score (nSPS) is 28.1. The zero-order valence-corrected chi connectivity index (χ0v) is 8.64. The Morgan fingerprint density at radius 3 is 3.23 bits per heavy atom. The van der Waals surface area contributed by atoms with Crippen LogP contribution in [0.1, 0.15) is 18.2 Å². The summed E-state index contributed by atoms with van der Waals surface area (Å²) in [5, 5.41) is 5.64. The molecule has 72 valence electrons. The minimum absolute atomic E-state index is 0.375. The van der Waals surface area contributed by atoms with E-state index in [9.17, 15) is 0 Å². The van der Waals surface area contributed by atoms with Crippen LogP contribution < -0.4 is 5.32 Å². The third-order valence-corrected chi connectivity index (χ3v) is 3.37. The topological polar surface area (TPSA) is 21.3 Å². The van der Waals surface area contributed by atoms with Crippen LogP contribution >= 0.6 is 11.3 Å². The number of rotatable bonds is 3. The molecule has 1 aliphatic heterocycles. The molecule has 0 amide bonds. The van der Waals surface area contributed by atoms with Crippen LogP contribution in [0, 0.1) is 0 Å². The summed E-state index contributed by atoms with van der Waals surface area (Å²) in [7, 11) is 0. The highest BCUT2D eigenvalue weighted by Gasteiger charge is 2.23. The van der Waals surface area contributed by atoms with Crippen molar-refractivity contribution in [3.63, 3.8) is 0 Å². The van der Waals surface area contributed by atoms with Crippen molar-refractivity contribution in [2.75, 3.05) is 6.61 Å². The molecular formula is C10H15NOS.